The SMILES string of the molecule is O=C(Cc1cccc(OC(F)(F)F)c1)Nc1ccc(CCCCc2nnc(C(=O)CCCN3CCCC3)s2)nn1. The molecular formula is C27H31F3N6O3S. The van der Waals surface area contributed by atoms with Gasteiger partial charge < -0.3 is 15.0 Å². The topological polar surface area (TPSA) is 110 Å². The average molecular weight is 577 g/mol. The van der Waals surface area contributed by atoms with Gasteiger partial charge in [0.1, 0.15) is 10.8 Å². The van der Waals surface area contributed by atoms with Crippen molar-refractivity contribution in [3.8, 4) is 5.75 Å². The molecule has 0 radical (unpaired) electrons. The molecule has 1 aliphatic rings. The van der Waals surface area contributed by atoms with Crippen molar-refractivity contribution >= 4 is 28.8 Å². The zero-order valence-corrected chi connectivity index (χ0v) is 22.8. The lowest BCUT2D eigenvalue weighted by Crippen LogP contribution is -2.21. The molecule has 0 unspecified atom stereocenters. The molecule has 13 heteroatoms. The Morgan fingerprint density at radius 1 is 0.975 bits per heavy atom. The third kappa shape index (κ3) is 9.94. The maximum absolute atomic E-state index is 12.4. The van der Waals surface area contributed by atoms with Crippen LogP contribution in [0.25, 0.3) is 0 Å². The highest BCUT2D eigenvalue weighted by Gasteiger charge is 2.31. The molecule has 214 valence electrons. The van der Waals surface area contributed by atoms with Crippen molar-refractivity contribution in [3.05, 3.63) is 57.7 Å². The highest BCUT2D eigenvalue weighted by molar-refractivity contribution is 7.13. The van der Waals surface area contributed by atoms with Crippen LogP contribution in [0.15, 0.2) is 36.4 Å². The van der Waals surface area contributed by atoms with E-state index in [2.05, 4.69) is 35.3 Å². The zero-order chi connectivity index (χ0) is 28.4. The van der Waals surface area contributed by atoms with Crippen LogP contribution in [0.4, 0.5) is 19.0 Å². The van der Waals surface area contributed by atoms with Crippen LogP contribution in [0.1, 0.15) is 64.6 Å². The van der Waals surface area contributed by atoms with Crippen molar-refractivity contribution < 1.29 is 27.5 Å². The summed E-state index contributed by atoms with van der Waals surface area (Å²) in [5.74, 6) is -0.504. The first-order valence-corrected chi connectivity index (χ1v) is 14.1. The molecule has 0 aliphatic carbocycles. The Morgan fingerprint density at radius 3 is 2.52 bits per heavy atom. The number of alkyl halides is 3. The fourth-order valence-electron chi connectivity index (χ4n) is 4.41. The van der Waals surface area contributed by atoms with Crippen molar-refractivity contribution in [1.82, 2.24) is 25.3 Å². The Morgan fingerprint density at radius 2 is 1.77 bits per heavy atom. The van der Waals surface area contributed by atoms with Gasteiger partial charge in [-0.1, -0.05) is 23.5 Å². The minimum absolute atomic E-state index is 0.0643. The van der Waals surface area contributed by atoms with E-state index in [1.807, 2.05) is 0 Å². The molecule has 0 atom stereocenters. The summed E-state index contributed by atoms with van der Waals surface area (Å²) in [6.07, 6.45) is 2.03. The zero-order valence-electron chi connectivity index (χ0n) is 22.0. The normalized spacial score (nSPS) is 13.9. The second-order valence-electron chi connectivity index (χ2n) is 9.61. The fourth-order valence-corrected chi connectivity index (χ4v) is 5.26. The van der Waals surface area contributed by atoms with Gasteiger partial charge in [-0.25, -0.2) is 0 Å². The van der Waals surface area contributed by atoms with Crippen LogP contribution in [-0.2, 0) is 24.1 Å². The smallest absolute Gasteiger partial charge is 0.406 e. The lowest BCUT2D eigenvalue weighted by molar-refractivity contribution is -0.274. The molecule has 9 nitrogen and oxygen atoms in total. The molecule has 0 bridgehead atoms. The van der Waals surface area contributed by atoms with Gasteiger partial charge in [-0.05, 0) is 88.0 Å². The Labute approximate surface area is 234 Å². The Kier molecular flexibility index (Phi) is 10.5. The van der Waals surface area contributed by atoms with E-state index in [4.69, 9.17) is 0 Å². The van der Waals surface area contributed by atoms with Crippen LogP contribution in [0.2, 0.25) is 0 Å². The maximum Gasteiger partial charge on any atom is 0.573 e. The number of nitrogens with one attached hydrogen (secondary N) is 1. The van der Waals surface area contributed by atoms with Gasteiger partial charge in [-0.15, -0.1) is 28.5 Å². The number of aryl methyl sites for hydroxylation is 2. The summed E-state index contributed by atoms with van der Waals surface area (Å²) in [6.45, 7) is 3.23. The van der Waals surface area contributed by atoms with E-state index in [0.717, 1.165) is 56.0 Å². The number of Topliss-reactive ketones (excluding diaryl/α,β-unsaturated/α-hetero) is 1. The first-order chi connectivity index (χ1) is 19.2. The molecule has 0 saturated carbocycles. The van der Waals surface area contributed by atoms with Gasteiger partial charge in [0, 0.05) is 12.8 Å². The molecule has 1 aliphatic heterocycles. The molecule has 2 aromatic heterocycles. The minimum atomic E-state index is -4.80. The van der Waals surface area contributed by atoms with E-state index >= 15 is 0 Å². The largest absolute Gasteiger partial charge is 0.573 e. The summed E-state index contributed by atoms with van der Waals surface area (Å²) >= 11 is 1.37. The van der Waals surface area contributed by atoms with Crippen LogP contribution < -0.4 is 10.1 Å². The number of nitrogens with zero attached hydrogens (tertiary/aromatic N) is 5. The summed E-state index contributed by atoms with van der Waals surface area (Å²) in [5.41, 5.74) is 1.13. The Balaban J connectivity index is 1.13. The minimum Gasteiger partial charge on any atom is -0.406 e. The predicted molar refractivity (Wildman–Crippen MR) is 143 cm³/mol. The van der Waals surface area contributed by atoms with Crippen LogP contribution in [0.3, 0.4) is 0 Å². The molecule has 3 heterocycles. The molecule has 1 fully saturated rings. The first kappa shape index (κ1) is 29.5. The average Bonchev–Trinajstić information content (AvgIpc) is 3.59. The van der Waals surface area contributed by atoms with E-state index in [1.54, 1.807) is 12.1 Å². The number of halogens is 3. The highest BCUT2D eigenvalue weighted by Crippen LogP contribution is 2.23. The van der Waals surface area contributed by atoms with Crippen molar-refractivity contribution in [2.45, 2.75) is 64.1 Å². The number of ether oxygens (including phenoxy) is 1. The van der Waals surface area contributed by atoms with Gasteiger partial charge >= 0.3 is 6.36 Å². The lowest BCUT2D eigenvalue weighted by Gasteiger charge is -2.12. The van der Waals surface area contributed by atoms with Gasteiger partial charge in [0.15, 0.2) is 16.6 Å². The van der Waals surface area contributed by atoms with Crippen LogP contribution in [-0.4, -0.2) is 63.0 Å². The maximum atomic E-state index is 12.4. The lowest BCUT2D eigenvalue weighted by atomic mass is 10.1. The van der Waals surface area contributed by atoms with E-state index < -0.39 is 12.3 Å². The number of hydrogen-bond donors (Lipinski definition) is 1. The standard InChI is InChI=1S/C27H31F3N6O3S/c28-27(29,30)39-21-9-5-7-19(17-21)18-24(38)31-23-13-12-20(32-33-23)8-1-2-11-25-34-35-26(40-25)22(37)10-6-16-36-14-3-4-15-36/h5,7,9,12-13,17H,1-4,6,8,10-11,14-16,18H2,(H,31,33,38). The quantitative estimate of drug-likeness (QED) is 0.210. The van der Waals surface area contributed by atoms with E-state index in [0.29, 0.717) is 23.4 Å². The number of aromatic nitrogens is 4. The second-order valence-corrected chi connectivity index (χ2v) is 10.7. The molecule has 3 aromatic rings. The molecule has 4 rings (SSSR count). The summed E-state index contributed by atoms with van der Waals surface area (Å²) in [5, 5.41) is 20.3. The number of rotatable bonds is 14. The highest BCUT2D eigenvalue weighted by atomic mass is 32.1. The first-order valence-electron chi connectivity index (χ1n) is 13.3. The second kappa shape index (κ2) is 14.3. The number of benzene rings is 1. The third-order valence-electron chi connectivity index (χ3n) is 6.34. The van der Waals surface area contributed by atoms with Crippen molar-refractivity contribution in [2.24, 2.45) is 0 Å². The van der Waals surface area contributed by atoms with Crippen molar-refractivity contribution in [1.29, 1.82) is 0 Å². The van der Waals surface area contributed by atoms with Gasteiger partial charge in [0.25, 0.3) is 0 Å². The number of carbonyl (C=O) groups is 2. The van der Waals surface area contributed by atoms with E-state index in [9.17, 15) is 22.8 Å². The molecule has 1 amide bonds. The van der Waals surface area contributed by atoms with Gasteiger partial charge in [-0.2, -0.15) is 5.10 Å². The van der Waals surface area contributed by atoms with Gasteiger partial charge in [-0.3, -0.25) is 9.59 Å². The van der Waals surface area contributed by atoms with Gasteiger partial charge in [0.05, 0.1) is 12.1 Å². The molecule has 0 spiro atoms. The van der Waals surface area contributed by atoms with Crippen LogP contribution in [0.5, 0.6) is 5.75 Å². The van der Waals surface area contributed by atoms with Crippen molar-refractivity contribution in [3.63, 3.8) is 0 Å². The number of anilines is 1. The number of unbranched alkanes of at least 4 members (excludes halogenated alkanes) is 1. The molecular weight excluding hydrogens is 545 g/mol. The monoisotopic (exact) mass is 576 g/mol. The predicted octanol–water partition coefficient (Wildman–Crippen LogP) is 5.03. The summed E-state index contributed by atoms with van der Waals surface area (Å²) in [4.78, 5) is 27.1. The number of hydrogen-bond acceptors (Lipinski definition) is 9. The Bertz CT molecular complexity index is 1260. The van der Waals surface area contributed by atoms with Crippen LogP contribution in [0, 0.1) is 0 Å². The van der Waals surface area contributed by atoms with Crippen molar-refractivity contribution in [2.75, 3.05) is 25.0 Å². The van der Waals surface area contributed by atoms with E-state index in [1.165, 1.54) is 48.4 Å². The molecule has 1 saturated heterocycles. The third-order valence-corrected chi connectivity index (χ3v) is 7.36. The molecule has 1 N–H and O–H groups in total. The number of amides is 1. The van der Waals surface area contributed by atoms with Crippen LogP contribution >= 0.6 is 11.3 Å². The molecule has 1 aromatic carbocycles. The van der Waals surface area contributed by atoms with Gasteiger partial charge in [0.2, 0.25) is 5.91 Å². The summed E-state index contributed by atoms with van der Waals surface area (Å²) < 4.78 is 41.1. The summed E-state index contributed by atoms with van der Waals surface area (Å²) in [6, 6.07) is 8.66. The number of ketones is 1. The number of carbonyl (C=O) groups excluding carboxylic acids is 2. The fraction of sp³-hybridized carbons (Fsp3) is 0.481. The molecule has 40 heavy (non-hydrogen) atoms. The Hall–Kier alpha value is -3.45. The summed E-state index contributed by atoms with van der Waals surface area (Å²) in [7, 11) is 0. The van der Waals surface area contributed by atoms with E-state index in [-0.39, 0.29) is 23.8 Å². The number of likely N-dealkylation sites (tertiary alicyclic amines) is 1.